The van der Waals surface area contributed by atoms with Crippen LogP contribution >= 0.6 is 0 Å². The van der Waals surface area contributed by atoms with E-state index < -0.39 is 5.95 Å². The Bertz CT molecular complexity index is 605. The quantitative estimate of drug-likeness (QED) is 0.829. The van der Waals surface area contributed by atoms with Crippen molar-refractivity contribution in [3.63, 3.8) is 0 Å². The van der Waals surface area contributed by atoms with Gasteiger partial charge in [0.2, 0.25) is 5.95 Å². The highest BCUT2D eigenvalue weighted by atomic mass is 19.1. The van der Waals surface area contributed by atoms with Gasteiger partial charge in [-0.25, -0.2) is 4.98 Å². The van der Waals surface area contributed by atoms with Crippen molar-refractivity contribution in [1.29, 1.82) is 0 Å². The number of ether oxygens (including phenoxy) is 2. The molecule has 0 amide bonds. The van der Waals surface area contributed by atoms with E-state index in [-0.39, 0.29) is 6.04 Å². The largest absolute Gasteiger partial charge is 0.493 e. The molecule has 1 atom stereocenters. The van der Waals surface area contributed by atoms with Gasteiger partial charge < -0.3 is 14.8 Å². The fourth-order valence-electron chi connectivity index (χ4n) is 2.15. The molecule has 4 nitrogen and oxygen atoms in total. The highest BCUT2D eigenvalue weighted by Crippen LogP contribution is 2.28. The summed E-state index contributed by atoms with van der Waals surface area (Å²) < 4.78 is 23.5. The molecule has 1 heterocycles. The number of nitrogens with zero attached hydrogens (tertiary/aromatic N) is 1. The lowest BCUT2D eigenvalue weighted by Gasteiger charge is -2.16. The maximum Gasteiger partial charge on any atom is 0.214 e. The Hall–Kier alpha value is -2.30. The second kappa shape index (κ2) is 6.92. The highest BCUT2D eigenvalue weighted by molar-refractivity contribution is 5.43. The maximum atomic E-state index is 13.0. The smallest absolute Gasteiger partial charge is 0.214 e. The third-order valence-corrected chi connectivity index (χ3v) is 3.10. The van der Waals surface area contributed by atoms with E-state index in [9.17, 15) is 4.39 Å². The van der Waals surface area contributed by atoms with Crippen LogP contribution in [-0.4, -0.2) is 25.2 Å². The third-order valence-electron chi connectivity index (χ3n) is 3.10. The van der Waals surface area contributed by atoms with Crippen molar-refractivity contribution in [3.8, 4) is 11.5 Å². The Kier molecular flexibility index (Phi) is 4.98. The van der Waals surface area contributed by atoms with E-state index in [1.807, 2.05) is 25.1 Å². The molecule has 1 N–H and O–H groups in total. The monoisotopic (exact) mass is 290 g/mol. The van der Waals surface area contributed by atoms with Crippen molar-refractivity contribution in [1.82, 2.24) is 4.98 Å². The van der Waals surface area contributed by atoms with Gasteiger partial charge in [0.25, 0.3) is 0 Å². The lowest BCUT2D eigenvalue weighted by atomic mass is 10.1. The van der Waals surface area contributed by atoms with E-state index in [2.05, 4.69) is 10.3 Å². The van der Waals surface area contributed by atoms with Gasteiger partial charge in [0.1, 0.15) is 5.82 Å². The zero-order valence-electron chi connectivity index (χ0n) is 12.4. The molecular formula is C16H19FN2O2. The fourth-order valence-corrected chi connectivity index (χ4v) is 2.15. The molecule has 0 aliphatic rings. The minimum atomic E-state index is -0.488. The zero-order chi connectivity index (χ0) is 15.2. The average Bonchev–Trinajstić information content (AvgIpc) is 2.47. The van der Waals surface area contributed by atoms with Gasteiger partial charge in [-0.3, -0.25) is 0 Å². The summed E-state index contributed by atoms with van der Waals surface area (Å²) in [7, 11) is 3.22. The van der Waals surface area contributed by atoms with E-state index >= 15 is 0 Å². The molecule has 0 fully saturated rings. The molecule has 2 rings (SSSR count). The first-order valence-electron chi connectivity index (χ1n) is 6.72. The van der Waals surface area contributed by atoms with Gasteiger partial charge in [-0.05, 0) is 43.2 Å². The number of rotatable bonds is 6. The molecule has 0 saturated carbocycles. The standard InChI is InChI=1S/C16H19FN2O2/c1-11(18-16-6-4-5-15(17)19-16)9-12-7-8-13(20-2)14(10-12)21-3/h4-8,10-11H,9H2,1-3H3,(H,18,19). The Morgan fingerprint density at radius 2 is 1.90 bits per heavy atom. The Balaban J connectivity index is 2.04. The molecule has 1 aromatic carbocycles. The van der Waals surface area contributed by atoms with Crippen LogP contribution in [-0.2, 0) is 6.42 Å². The second-order valence-corrected chi connectivity index (χ2v) is 4.78. The first-order valence-corrected chi connectivity index (χ1v) is 6.72. The van der Waals surface area contributed by atoms with Crippen molar-refractivity contribution in [2.24, 2.45) is 0 Å². The van der Waals surface area contributed by atoms with Crippen LogP contribution in [0.15, 0.2) is 36.4 Å². The van der Waals surface area contributed by atoms with Crippen LogP contribution in [0.2, 0.25) is 0 Å². The molecule has 0 bridgehead atoms. The number of halogens is 1. The van der Waals surface area contributed by atoms with Crippen LogP contribution in [0.3, 0.4) is 0 Å². The Morgan fingerprint density at radius 3 is 2.57 bits per heavy atom. The first-order chi connectivity index (χ1) is 10.1. The molecule has 0 aliphatic carbocycles. The van der Waals surface area contributed by atoms with Gasteiger partial charge in [0.15, 0.2) is 11.5 Å². The number of hydrogen-bond donors (Lipinski definition) is 1. The minimum Gasteiger partial charge on any atom is -0.493 e. The van der Waals surface area contributed by atoms with E-state index in [1.165, 1.54) is 6.07 Å². The second-order valence-electron chi connectivity index (χ2n) is 4.78. The van der Waals surface area contributed by atoms with Crippen LogP contribution in [0.1, 0.15) is 12.5 Å². The number of hydrogen-bond acceptors (Lipinski definition) is 4. The molecule has 112 valence electrons. The molecule has 0 saturated heterocycles. The van der Waals surface area contributed by atoms with Gasteiger partial charge in [0, 0.05) is 6.04 Å². The molecule has 1 unspecified atom stereocenters. The number of methoxy groups -OCH3 is 2. The van der Waals surface area contributed by atoms with E-state index in [4.69, 9.17) is 9.47 Å². The molecule has 0 aliphatic heterocycles. The van der Waals surface area contributed by atoms with Gasteiger partial charge in [-0.2, -0.15) is 4.39 Å². The van der Waals surface area contributed by atoms with Crippen molar-refractivity contribution in [3.05, 3.63) is 47.9 Å². The summed E-state index contributed by atoms with van der Waals surface area (Å²) in [6, 6.07) is 10.6. The molecule has 21 heavy (non-hydrogen) atoms. The van der Waals surface area contributed by atoms with Crippen LogP contribution in [0.5, 0.6) is 11.5 Å². The lowest BCUT2D eigenvalue weighted by molar-refractivity contribution is 0.354. The Labute approximate surface area is 123 Å². The number of nitrogens with one attached hydrogen (secondary N) is 1. The maximum absolute atomic E-state index is 13.0. The molecular weight excluding hydrogens is 271 g/mol. The summed E-state index contributed by atoms with van der Waals surface area (Å²) in [5, 5.41) is 3.17. The van der Waals surface area contributed by atoms with Crippen molar-refractivity contribution in [2.75, 3.05) is 19.5 Å². The third kappa shape index (κ3) is 4.08. The van der Waals surface area contributed by atoms with Crippen LogP contribution < -0.4 is 14.8 Å². The van der Waals surface area contributed by atoms with Crippen LogP contribution in [0.4, 0.5) is 10.2 Å². The normalized spacial score (nSPS) is 11.8. The average molecular weight is 290 g/mol. The SMILES string of the molecule is COc1ccc(CC(C)Nc2cccc(F)n2)cc1OC. The van der Waals surface area contributed by atoms with E-state index in [0.29, 0.717) is 17.3 Å². The zero-order valence-corrected chi connectivity index (χ0v) is 12.4. The molecule has 0 radical (unpaired) electrons. The predicted octanol–water partition coefficient (Wildman–Crippen LogP) is 3.28. The summed E-state index contributed by atoms with van der Waals surface area (Å²) in [6.45, 7) is 2.02. The number of benzene rings is 1. The molecule has 5 heteroatoms. The number of aromatic nitrogens is 1. The van der Waals surface area contributed by atoms with Crippen molar-refractivity contribution in [2.45, 2.75) is 19.4 Å². The predicted molar refractivity (Wildman–Crippen MR) is 80.5 cm³/mol. The topological polar surface area (TPSA) is 43.4 Å². The summed E-state index contributed by atoms with van der Waals surface area (Å²) in [6.07, 6.45) is 0.762. The van der Waals surface area contributed by atoms with Gasteiger partial charge in [-0.1, -0.05) is 12.1 Å². The summed E-state index contributed by atoms with van der Waals surface area (Å²) >= 11 is 0. The van der Waals surface area contributed by atoms with E-state index in [0.717, 1.165) is 12.0 Å². The molecule has 1 aromatic heterocycles. The van der Waals surface area contributed by atoms with Crippen LogP contribution in [0, 0.1) is 5.95 Å². The van der Waals surface area contributed by atoms with E-state index in [1.54, 1.807) is 26.4 Å². The number of anilines is 1. The lowest BCUT2D eigenvalue weighted by Crippen LogP contribution is -2.19. The summed E-state index contributed by atoms with van der Waals surface area (Å²) in [4.78, 5) is 3.79. The van der Waals surface area contributed by atoms with Crippen LogP contribution in [0.25, 0.3) is 0 Å². The van der Waals surface area contributed by atoms with Crippen molar-refractivity contribution < 1.29 is 13.9 Å². The van der Waals surface area contributed by atoms with Gasteiger partial charge >= 0.3 is 0 Å². The van der Waals surface area contributed by atoms with Gasteiger partial charge in [0.05, 0.1) is 14.2 Å². The molecule has 0 spiro atoms. The van der Waals surface area contributed by atoms with Crippen molar-refractivity contribution >= 4 is 5.82 Å². The highest BCUT2D eigenvalue weighted by Gasteiger charge is 2.09. The summed E-state index contributed by atoms with van der Waals surface area (Å²) in [5.74, 6) is 1.45. The Morgan fingerprint density at radius 1 is 1.14 bits per heavy atom. The van der Waals surface area contributed by atoms with Gasteiger partial charge in [-0.15, -0.1) is 0 Å². The first kappa shape index (κ1) is 15.1. The number of pyridine rings is 1. The minimum absolute atomic E-state index is 0.109. The summed E-state index contributed by atoms with van der Waals surface area (Å²) in [5.41, 5.74) is 1.10. The molecule has 2 aromatic rings. The fraction of sp³-hybridized carbons (Fsp3) is 0.312.